The second-order valence-electron chi connectivity index (χ2n) is 5.91. The zero-order valence-corrected chi connectivity index (χ0v) is 12.5. The lowest BCUT2D eigenvalue weighted by molar-refractivity contribution is 0.275. The molecule has 1 unspecified atom stereocenters. The summed E-state index contributed by atoms with van der Waals surface area (Å²) in [4.78, 5) is 6.71. The van der Waals surface area contributed by atoms with Crippen LogP contribution >= 0.6 is 0 Å². The minimum absolute atomic E-state index is 0.336. The number of fused-ring (bicyclic) bond motifs is 1. The summed E-state index contributed by atoms with van der Waals surface area (Å²) in [7, 11) is 4.18. The van der Waals surface area contributed by atoms with E-state index in [1.165, 1.54) is 5.56 Å². The summed E-state index contributed by atoms with van der Waals surface area (Å²) in [5.41, 5.74) is 9.48. The lowest BCUT2D eigenvalue weighted by Crippen LogP contribution is -2.28. The number of rotatable bonds is 4. The number of nitrogen functional groups attached to an aromatic ring is 1. The molecule has 104 valence electrons. The molecule has 0 spiro atoms. The molecule has 0 fully saturated rings. The van der Waals surface area contributed by atoms with Crippen LogP contribution in [0.1, 0.15) is 25.5 Å². The van der Waals surface area contributed by atoms with Gasteiger partial charge in [0.25, 0.3) is 0 Å². The van der Waals surface area contributed by atoms with Gasteiger partial charge < -0.3 is 15.2 Å². The van der Waals surface area contributed by atoms with E-state index in [9.17, 15) is 0 Å². The molecule has 0 radical (unpaired) electrons. The van der Waals surface area contributed by atoms with Gasteiger partial charge in [0.2, 0.25) is 5.95 Å². The fourth-order valence-corrected chi connectivity index (χ4v) is 2.54. The Bertz CT molecular complexity index is 569. The predicted molar refractivity (Wildman–Crippen MR) is 81.3 cm³/mol. The first kappa shape index (κ1) is 13.9. The molecule has 0 bridgehead atoms. The molecule has 0 saturated heterocycles. The molecule has 4 heteroatoms. The van der Waals surface area contributed by atoms with Crippen molar-refractivity contribution in [1.82, 2.24) is 14.5 Å². The van der Waals surface area contributed by atoms with Gasteiger partial charge in [-0.15, -0.1) is 0 Å². The first-order valence-electron chi connectivity index (χ1n) is 6.79. The highest BCUT2D eigenvalue weighted by Crippen LogP contribution is 2.28. The van der Waals surface area contributed by atoms with Gasteiger partial charge in [0, 0.05) is 6.54 Å². The molecular formula is C15H24N4. The van der Waals surface area contributed by atoms with Gasteiger partial charge in [-0.05, 0) is 44.6 Å². The highest BCUT2D eigenvalue weighted by Gasteiger charge is 2.21. The zero-order valence-electron chi connectivity index (χ0n) is 12.5. The van der Waals surface area contributed by atoms with Crippen LogP contribution in [-0.2, 0) is 0 Å². The lowest BCUT2D eigenvalue weighted by atomic mass is 10.0. The molecule has 4 nitrogen and oxygen atoms in total. The maximum Gasteiger partial charge on any atom is 0.201 e. The number of likely N-dealkylation sites (N-methyl/N-ethyl adjacent to an activating group) is 1. The van der Waals surface area contributed by atoms with Gasteiger partial charge in [-0.3, -0.25) is 0 Å². The Morgan fingerprint density at radius 1 is 1.32 bits per heavy atom. The topological polar surface area (TPSA) is 47.1 Å². The average molecular weight is 260 g/mol. The van der Waals surface area contributed by atoms with Crippen LogP contribution in [0.3, 0.4) is 0 Å². The summed E-state index contributed by atoms with van der Waals surface area (Å²) < 4.78 is 2.18. The fourth-order valence-electron chi connectivity index (χ4n) is 2.54. The molecule has 0 aliphatic carbocycles. The second-order valence-corrected chi connectivity index (χ2v) is 5.91. The van der Waals surface area contributed by atoms with E-state index in [0.717, 1.165) is 17.6 Å². The zero-order chi connectivity index (χ0) is 14.2. The van der Waals surface area contributed by atoms with Crippen molar-refractivity contribution in [3.05, 3.63) is 23.8 Å². The highest BCUT2D eigenvalue weighted by atomic mass is 15.2. The molecule has 2 rings (SSSR count). The number of hydrogen-bond acceptors (Lipinski definition) is 3. The van der Waals surface area contributed by atoms with Crippen LogP contribution in [0.2, 0.25) is 0 Å². The minimum Gasteiger partial charge on any atom is -0.369 e. The van der Waals surface area contributed by atoms with E-state index in [2.05, 4.69) is 67.5 Å². The van der Waals surface area contributed by atoms with Gasteiger partial charge in [0.1, 0.15) is 0 Å². The standard InChI is InChI=1S/C15H24N4/c1-10(2)14(9-18(4)5)19-13-7-6-11(3)8-12(13)17-15(19)16/h6-8,10,14H,9H2,1-5H3,(H2,16,17). The van der Waals surface area contributed by atoms with Gasteiger partial charge in [-0.25, -0.2) is 4.98 Å². The molecule has 19 heavy (non-hydrogen) atoms. The van der Waals surface area contributed by atoms with E-state index in [4.69, 9.17) is 5.73 Å². The normalized spacial score (nSPS) is 13.6. The molecule has 1 atom stereocenters. The molecule has 0 aliphatic heterocycles. The molecule has 2 aromatic rings. The van der Waals surface area contributed by atoms with Gasteiger partial charge >= 0.3 is 0 Å². The van der Waals surface area contributed by atoms with E-state index >= 15 is 0 Å². The minimum atomic E-state index is 0.336. The number of anilines is 1. The maximum atomic E-state index is 6.15. The Morgan fingerprint density at radius 3 is 2.58 bits per heavy atom. The smallest absolute Gasteiger partial charge is 0.201 e. The van der Waals surface area contributed by atoms with E-state index < -0.39 is 0 Å². The summed E-state index contributed by atoms with van der Waals surface area (Å²) in [6.45, 7) is 7.50. The number of imidazole rings is 1. The Morgan fingerprint density at radius 2 is 2.00 bits per heavy atom. The van der Waals surface area contributed by atoms with Crippen LogP contribution in [0.4, 0.5) is 5.95 Å². The number of nitrogens with two attached hydrogens (primary N) is 1. The van der Waals surface area contributed by atoms with Crippen LogP contribution in [0.25, 0.3) is 11.0 Å². The summed E-state index contributed by atoms with van der Waals surface area (Å²) in [5, 5.41) is 0. The van der Waals surface area contributed by atoms with E-state index in [1.54, 1.807) is 0 Å². The molecule has 0 saturated carbocycles. The number of aromatic nitrogens is 2. The Balaban J connectivity index is 2.55. The van der Waals surface area contributed by atoms with Gasteiger partial charge in [-0.1, -0.05) is 19.9 Å². The third-order valence-corrected chi connectivity index (χ3v) is 3.53. The Kier molecular flexibility index (Phi) is 3.80. The number of hydrogen-bond donors (Lipinski definition) is 1. The summed E-state index contributed by atoms with van der Waals surface area (Å²) in [5.74, 6) is 1.12. The van der Waals surface area contributed by atoms with Crippen LogP contribution in [0, 0.1) is 12.8 Å². The Labute approximate surface area is 115 Å². The lowest BCUT2D eigenvalue weighted by Gasteiger charge is -2.27. The number of benzene rings is 1. The third kappa shape index (κ3) is 2.73. The van der Waals surface area contributed by atoms with Gasteiger partial charge in [0.15, 0.2) is 0 Å². The molecule has 1 aromatic heterocycles. The van der Waals surface area contributed by atoms with Crippen molar-refractivity contribution in [2.75, 3.05) is 26.4 Å². The van der Waals surface area contributed by atoms with Crippen LogP contribution < -0.4 is 5.73 Å². The largest absolute Gasteiger partial charge is 0.369 e. The predicted octanol–water partition coefficient (Wildman–Crippen LogP) is 2.69. The molecule has 1 heterocycles. The fraction of sp³-hybridized carbons (Fsp3) is 0.533. The highest BCUT2D eigenvalue weighted by molar-refractivity contribution is 5.79. The second kappa shape index (κ2) is 5.21. The van der Waals surface area contributed by atoms with Crippen molar-refractivity contribution in [2.24, 2.45) is 5.92 Å². The monoisotopic (exact) mass is 260 g/mol. The van der Waals surface area contributed by atoms with Crippen molar-refractivity contribution < 1.29 is 0 Å². The molecule has 1 aromatic carbocycles. The van der Waals surface area contributed by atoms with Crippen LogP contribution in [-0.4, -0.2) is 35.1 Å². The van der Waals surface area contributed by atoms with Crippen molar-refractivity contribution in [3.8, 4) is 0 Å². The van der Waals surface area contributed by atoms with Crippen molar-refractivity contribution in [2.45, 2.75) is 26.8 Å². The SMILES string of the molecule is Cc1ccc2c(c1)nc(N)n2C(CN(C)C)C(C)C. The van der Waals surface area contributed by atoms with Crippen LogP contribution in [0.5, 0.6) is 0 Å². The first-order chi connectivity index (χ1) is 8.90. The molecular weight excluding hydrogens is 236 g/mol. The maximum absolute atomic E-state index is 6.15. The molecule has 2 N–H and O–H groups in total. The van der Waals surface area contributed by atoms with Gasteiger partial charge in [-0.2, -0.15) is 0 Å². The summed E-state index contributed by atoms with van der Waals surface area (Å²) >= 11 is 0. The Hall–Kier alpha value is -1.55. The van der Waals surface area contributed by atoms with Crippen molar-refractivity contribution in [1.29, 1.82) is 0 Å². The first-order valence-corrected chi connectivity index (χ1v) is 6.79. The summed E-state index contributed by atoms with van der Waals surface area (Å²) in [6.07, 6.45) is 0. The van der Waals surface area contributed by atoms with Crippen molar-refractivity contribution in [3.63, 3.8) is 0 Å². The number of aryl methyl sites for hydroxylation is 1. The van der Waals surface area contributed by atoms with Crippen molar-refractivity contribution >= 4 is 17.0 Å². The molecule has 0 amide bonds. The third-order valence-electron chi connectivity index (χ3n) is 3.53. The van der Waals surface area contributed by atoms with E-state index in [1.807, 2.05) is 0 Å². The quantitative estimate of drug-likeness (QED) is 0.919. The average Bonchev–Trinajstić information content (AvgIpc) is 2.60. The summed E-state index contributed by atoms with van der Waals surface area (Å²) in [6, 6.07) is 6.67. The van der Waals surface area contributed by atoms with Crippen LogP contribution in [0.15, 0.2) is 18.2 Å². The van der Waals surface area contributed by atoms with E-state index in [0.29, 0.717) is 17.9 Å². The van der Waals surface area contributed by atoms with E-state index in [-0.39, 0.29) is 0 Å². The van der Waals surface area contributed by atoms with Gasteiger partial charge in [0.05, 0.1) is 17.1 Å². The molecule has 0 aliphatic rings. The number of nitrogens with zero attached hydrogens (tertiary/aromatic N) is 3.